The highest BCUT2D eigenvalue weighted by atomic mass is 19.4. The third kappa shape index (κ3) is 3.82. The van der Waals surface area contributed by atoms with Crippen LogP contribution in [0.2, 0.25) is 0 Å². The Kier molecular flexibility index (Phi) is 4.82. The molecule has 1 aromatic heterocycles. The molecule has 0 atom stereocenters. The monoisotopic (exact) mass is 392 g/mol. The lowest BCUT2D eigenvalue weighted by molar-refractivity contribution is -0.385. The zero-order chi connectivity index (χ0) is 20.5. The molecule has 0 spiro atoms. The SMILES string of the molecule is O=C(Cn1cnc2ccccc2c1=O)Nc1ccc([N+](=O)[O-])cc1C(F)(F)F. The fourth-order valence-electron chi connectivity index (χ4n) is 2.55. The van der Waals surface area contributed by atoms with Crippen LogP contribution in [0.5, 0.6) is 0 Å². The van der Waals surface area contributed by atoms with E-state index in [9.17, 15) is 32.9 Å². The summed E-state index contributed by atoms with van der Waals surface area (Å²) in [5.41, 5.74) is -2.89. The number of aromatic nitrogens is 2. The van der Waals surface area contributed by atoms with Gasteiger partial charge in [0.25, 0.3) is 11.2 Å². The highest BCUT2D eigenvalue weighted by Gasteiger charge is 2.35. The number of benzene rings is 2. The van der Waals surface area contributed by atoms with E-state index in [0.717, 1.165) is 23.0 Å². The first-order valence-electron chi connectivity index (χ1n) is 7.76. The number of hydrogen-bond acceptors (Lipinski definition) is 5. The van der Waals surface area contributed by atoms with Crippen LogP contribution < -0.4 is 10.9 Å². The van der Waals surface area contributed by atoms with E-state index < -0.39 is 46.0 Å². The van der Waals surface area contributed by atoms with Crippen molar-refractivity contribution in [2.75, 3.05) is 5.32 Å². The number of alkyl halides is 3. The maximum Gasteiger partial charge on any atom is 0.418 e. The maximum absolute atomic E-state index is 13.2. The molecule has 0 radical (unpaired) electrons. The molecule has 1 N–H and O–H groups in total. The second-order valence-electron chi connectivity index (χ2n) is 5.73. The summed E-state index contributed by atoms with van der Waals surface area (Å²) < 4.78 is 40.5. The number of nitrogens with zero attached hydrogens (tertiary/aromatic N) is 3. The molecule has 3 aromatic rings. The van der Waals surface area contributed by atoms with Gasteiger partial charge in [0.2, 0.25) is 5.91 Å². The number of carbonyl (C=O) groups excluding carboxylic acids is 1. The summed E-state index contributed by atoms with van der Waals surface area (Å²) >= 11 is 0. The molecule has 0 unspecified atom stereocenters. The minimum absolute atomic E-state index is 0.254. The van der Waals surface area contributed by atoms with Crippen LogP contribution in [0.4, 0.5) is 24.5 Å². The number of hydrogen-bond donors (Lipinski definition) is 1. The van der Waals surface area contributed by atoms with E-state index in [1.807, 2.05) is 5.32 Å². The van der Waals surface area contributed by atoms with E-state index >= 15 is 0 Å². The van der Waals surface area contributed by atoms with Gasteiger partial charge < -0.3 is 5.32 Å². The fourth-order valence-corrected chi connectivity index (χ4v) is 2.55. The van der Waals surface area contributed by atoms with Crippen molar-refractivity contribution in [3.05, 3.63) is 74.8 Å². The van der Waals surface area contributed by atoms with Gasteiger partial charge in [0, 0.05) is 12.1 Å². The molecule has 0 aliphatic heterocycles. The van der Waals surface area contributed by atoms with Gasteiger partial charge in [-0.05, 0) is 18.2 Å². The van der Waals surface area contributed by atoms with Gasteiger partial charge in [-0.3, -0.25) is 24.3 Å². The lowest BCUT2D eigenvalue weighted by atomic mass is 10.1. The predicted octanol–water partition coefficient (Wildman–Crippen LogP) is 2.96. The van der Waals surface area contributed by atoms with Crippen molar-refractivity contribution in [2.45, 2.75) is 12.7 Å². The van der Waals surface area contributed by atoms with Gasteiger partial charge in [-0.1, -0.05) is 12.1 Å². The summed E-state index contributed by atoms with van der Waals surface area (Å²) in [6.07, 6.45) is -3.80. The molecule has 2 aromatic carbocycles. The number of para-hydroxylation sites is 1. The molecule has 0 fully saturated rings. The van der Waals surface area contributed by atoms with Crippen molar-refractivity contribution >= 4 is 28.2 Å². The Bertz CT molecular complexity index is 1140. The van der Waals surface area contributed by atoms with Gasteiger partial charge in [-0.2, -0.15) is 13.2 Å². The molecule has 11 heteroatoms. The molecular weight excluding hydrogens is 381 g/mol. The quantitative estimate of drug-likeness (QED) is 0.543. The van der Waals surface area contributed by atoms with Crippen molar-refractivity contribution in [3.63, 3.8) is 0 Å². The summed E-state index contributed by atoms with van der Waals surface area (Å²) in [6.45, 7) is -0.578. The highest BCUT2D eigenvalue weighted by Crippen LogP contribution is 2.37. The minimum atomic E-state index is -4.92. The standard InChI is InChI=1S/C17H11F3N4O4/c18-17(19,20)12-7-10(24(27)28)5-6-14(12)22-15(25)8-23-9-21-13-4-2-1-3-11(13)16(23)26/h1-7,9H,8H2,(H,22,25). The number of rotatable bonds is 4. The Morgan fingerprint density at radius 1 is 1.21 bits per heavy atom. The number of nitro groups is 1. The number of amides is 1. The first-order chi connectivity index (χ1) is 13.2. The second kappa shape index (κ2) is 7.10. The molecule has 0 bridgehead atoms. The number of halogens is 3. The Balaban J connectivity index is 1.89. The largest absolute Gasteiger partial charge is 0.418 e. The molecule has 8 nitrogen and oxygen atoms in total. The maximum atomic E-state index is 13.2. The lowest BCUT2D eigenvalue weighted by Crippen LogP contribution is -2.28. The number of fused-ring (bicyclic) bond motifs is 1. The molecule has 0 aliphatic carbocycles. The molecular formula is C17H11F3N4O4. The van der Waals surface area contributed by atoms with E-state index in [4.69, 9.17) is 0 Å². The van der Waals surface area contributed by atoms with Crippen molar-refractivity contribution in [3.8, 4) is 0 Å². The number of non-ortho nitro benzene ring substituents is 1. The smallest absolute Gasteiger partial charge is 0.324 e. The summed E-state index contributed by atoms with van der Waals surface area (Å²) in [6, 6.07) is 8.38. The zero-order valence-corrected chi connectivity index (χ0v) is 13.9. The van der Waals surface area contributed by atoms with Gasteiger partial charge >= 0.3 is 6.18 Å². The normalized spacial score (nSPS) is 11.4. The first-order valence-corrected chi connectivity index (χ1v) is 7.76. The van der Waals surface area contributed by atoms with Crippen molar-refractivity contribution in [2.24, 2.45) is 0 Å². The van der Waals surface area contributed by atoms with Crippen LogP contribution >= 0.6 is 0 Å². The van der Waals surface area contributed by atoms with Gasteiger partial charge in [0.15, 0.2) is 0 Å². The molecule has 144 valence electrons. The number of carbonyl (C=O) groups is 1. The molecule has 1 amide bonds. The van der Waals surface area contributed by atoms with Crippen molar-refractivity contribution in [1.29, 1.82) is 0 Å². The van der Waals surface area contributed by atoms with Crippen molar-refractivity contribution < 1.29 is 22.9 Å². The molecule has 28 heavy (non-hydrogen) atoms. The van der Waals surface area contributed by atoms with E-state index in [1.165, 1.54) is 6.07 Å². The van der Waals surface area contributed by atoms with Gasteiger partial charge in [-0.15, -0.1) is 0 Å². The third-order valence-electron chi connectivity index (χ3n) is 3.84. The number of nitrogens with one attached hydrogen (secondary N) is 1. The summed E-state index contributed by atoms with van der Waals surface area (Å²) in [5, 5.41) is 13.0. The van der Waals surface area contributed by atoms with Crippen LogP contribution in [-0.2, 0) is 17.5 Å². The van der Waals surface area contributed by atoms with E-state index in [1.54, 1.807) is 18.2 Å². The zero-order valence-electron chi connectivity index (χ0n) is 13.9. The fraction of sp³-hybridized carbons (Fsp3) is 0.118. The van der Waals surface area contributed by atoms with Gasteiger partial charge in [0.05, 0.1) is 33.4 Å². The topological polar surface area (TPSA) is 107 Å². The summed E-state index contributed by atoms with van der Waals surface area (Å²) in [5.74, 6) is -0.918. The summed E-state index contributed by atoms with van der Waals surface area (Å²) in [7, 11) is 0. The Labute approximate surface area is 154 Å². The average molecular weight is 392 g/mol. The summed E-state index contributed by atoms with van der Waals surface area (Å²) in [4.78, 5) is 38.3. The second-order valence-corrected chi connectivity index (χ2v) is 5.73. The molecule has 0 saturated carbocycles. The number of nitro benzene ring substituents is 1. The Morgan fingerprint density at radius 3 is 2.61 bits per heavy atom. The molecule has 0 saturated heterocycles. The molecule has 1 heterocycles. The van der Waals surface area contributed by atoms with E-state index in [0.29, 0.717) is 11.6 Å². The van der Waals surface area contributed by atoms with Gasteiger partial charge in [-0.25, -0.2) is 4.98 Å². The predicted molar refractivity (Wildman–Crippen MR) is 92.7 cm³/mol. The van der Waals surface area contributed by atoms with Crippen LogP contribution in [0, 0.1) is 10.1 Å². The average Bonchev–Trinajstić information content (AvgIpc) is 2.63. The van der Waals surface area contributed by atoms with Crippen LogP contribution in [0.3, 0.4) is 0 Å². The minimum Gasteiger partial charge on any atom is -0.324 e. The third-order valence-corrected chi connectivity index (χ3v) is 3.84. The van der Waals surface area contributed by atoms with E-state index in [2.05, 4.69) is 4.98 Å². The molecule has 0 aliphatic rings. The van der Waals surface area contributed by atoms with Crippen molar-refractivity contribution in [1.82, 2.24) is 9.55 Å². The Morgan fingerprint density at radius 2 is 1.93 bits per heavy atom. The molecule has 3 rings (SSSR count). The first kappa shape index (κ1) is 19.0. The Hall–Kier alpha value is -3.76. The van der Waals surface area contributed by atoms with E-state index in [-0.39, 0.29) is 5.39 Å². The van der Waals surface area contributed by atoms with Crippen LogP contribution in [0.15, 0.2) is 53.6 Å². The van der Waals surface area contributed by atoms with Crippen LogP contribution in [0.1, 0.15) is 5.56 Å². The van der Waals surface area contributed by atoms with Crippen LogP contribution in [0.25, 0.3) is 10.9 Å². The van der Waals surface area contributed by atoms with Gasteiger partial charge in [0.1, 0.15) is 6.54 Å². The lowest BCUT2D eigenvalue weighted by Gasteiger charge is -2.14. The van der Waals surface area contributed by atoms with Crippen LogP contribution in [-0.4, -0.2) is 20.4 Å². The number of anilines is 1. The highest BCUT2D eigenvalue weighted by molar-refractivity contribution is 5.92.